The van der Waals surface area contributed by atoms with Crippen LogP contribution >= 0.6 is 7.92 Å². The van der Waals surface area contributed by atoms with Gasteiger partial charge in [-0.3, -0.25) is 0 Å². The largest absolute Gasteiger partial charge is 0.0845 e. The van der Waals surface area contributed by atoms with Gasteiger partial charge < -0.3 is 0 Å². The Labute approximate surface area is 117 Å². The minimum Gasteiger partial charge on any atom is -0.0845 e. The van der Waals surface area contributed by atoms with Crippen molar-refractivity contribution < 1.29 is 0 Å². The second kappa shape index (κ2) is 6.35. The summed E-state index contributed by atoms with van der Waals surface area (Å²) in [5.41, 5.74) is 2.26. The van der Waals surface area contributed by atoms with Gasteiger partial charge in [-0.05, 0) is 19.3 Å². The molecule has 0 aromatic rings. The smallest absolute Gasteiger partial charge is 0.00189 e. The van der Waals surface area contributed by atoms with Crippen LogP contribution in [-0.2, 0) is 0 Å². The first-order valence-corrected chi connectivity index (χ1v) is 8.77. The lowest BCUT2D eigenvalue weighted by molar-refractivity contribution is 0.920. The van der Waals surface area contributed by atoms with Crippen LogP contribution in [0.3, 0.4) is 0 Å². The average Bonchev–Trinajstić information content (AvgIpc) is 2.51. The van der Waals surface area contributed by atoms with Gasteiger partial charge in [-0.1, -0.05) is 80.8 Å². The number of hydrogen-bond acceptors (Lipinski definition) is 0. The Balaban J connectivity index is 1.82. The molecule has 0 saturated carbocycles. The zero-order valence-electron chi connectivity index (χ0n) is 11.2. The molecule has 0 radical (unpaired) electrons. The van der Waals surface area contributed by atoms with Gasteiger partial charge in [-0.15, -0.1) is 0 Å². The Morgan fingerprint density at radius 3 is 1.16 bits per heavy atom. The van der Waals surface area contributed by atoms with Crippen molar-refractivity contribution in [3.05, 3.63) is 72.9 Å². The van der Waals surface area contributed by atoms with E-state index in [4.69, 9.17) is 0 Å². The van der Waals surface area contributed by atoms with E-state index in [9.17, 15) is 0 Å². The third kappa shape index (κ3) is 3.07. The second-order valence-corrected chi connectivity index (χ2v) is 8.18. The van der Waals surface area contributed by atoms with Crippen molar-refractivity contribution in [2.24, 2.45) is 0 Å². The van der Waals surface area contributed by atoms with E-state index in [0.717, 1.165) is 17.0 Å². The van der Waals surface area contributed by atoms with Crippen LogP contribution in [0.4, 0.5) is 0 Å². The molecule has 3 aliphatic rings. The van der Waals surface area contributed by atoms with Crippen LogP contribution in [0.25, 0.3) is 0 Å². The molecule has 0 nitrogen and oxygen atoms in total. The van der Waals surface area contributed by atoms with Crippen molar-refractivity contribution in [2.45, 2.75) is 36.2 Å². The van der Waals surface area contributed by atoms with Crippen molar-refractivity contribution in [3.8, 4) is 0 Å². The molecule has 0 amide bonds. The fourth-order valence-corrected chi connectivity index (χ4v) is 6.57. The van der Waals surface area contributed by atoms with Gasteiger partial charge in [0, 0.05) is 17.0 Å². The van der Waals surface area contributed by atoms with E-state index in [0.29, 0.717) is 0 Å². The van der Waals surface area contributed by atoms with E-state index in [1.807, 2.05) is 0 Å². The van der Waals surface area contributed by atoms with Crippen molar-refractivity contribution >= 4 is 7.92 Å². The third-order valence-electron chi connectivity index (χ3n) is 4.02. The van der Waals surface area contributed by atoms with Crippen molar-refractivity contribution in [2.75, 3.05) is 0 Å². The molecule has 98 valence electrons. The molecule has 0 aromatic heterocycles. The summed E-state index contributed by atoms with van der Waals surface area (Å²) < 4.78 is 0. The highest BCUT2D eigenvalue weighted by Crippen LogP contribution is 2.57. The molecule has 0 heterocycles. The normalized spacial score (nSPS) is 33.8. The predicted octanol–water partition coefficient (Wildman–Crippen LogP) is 5.12. The fourth-order valence-electron chi connectivity index (χ4n) is 3.10. The first kappa shape index (κ1) is 12.9. The summed E-state index contributed by atoms with van der Waals surface area (Å²) in [6.07, 6.45) is 31.3. The Morgan fingerprint density at radius 1 is 0.526 bits per heavy atom. The molecule has 3 unspecified atom stereocenters. The molecule has 0 fully saturated rings. The van der Waals surface area contributed by atoms with Crippen molar-refractivity contribution in [1.82, 2.24) is 0 Å². The van der Waals surface area contributed by atoms with Crippen LogP contribution in [-0.4, -0.2) is 17.0 Å². The lowest BCUT2D eigenvalue weighted by Crippen LogP contribution is -2.21. The summed E-state index contributed by atoms with van der Waals surface area (Å²) in [5.74, 6) is 0. The highest BCUT2D eigenvalue weighted by atomic mass is 31.1. The minimum atomic E-state index is -0.0293. The highest BCUT2D eigenvalue weighted by molar-refractivity contribution is 7.60. The average molecular weight is 268 g/mol. The molecule has 19 heavy (non-hydrogen) atoms. The summed E-state index contributed by atoms with van der Waals surface area (Å²) in [4.78, 5) is 0. The maximum absolute atomic E-state index is 2.45. The molecule has 3 rings (SSSR count). The molecular weight excluding hydrogens is 247 g/mol. The Bertz CT molecular complexity index is 405. The van der Waals surface area contributed by atoms with E-state index < -0.39 is 0 Å². The van der Waals surface area contributed by atoms with Crippen LogP contribution in [0.1, 0.15) is 19.3 Å². The summed E-state index contributed by atoms with van der Waals surface area (Å²) in [6, 6.07) is 0. The minimum absolute atomic E-state index is 0.0293. The number of hydrogen-bond donors (Lipinski definition) is 0. The molecule has 0 bridgehead atoms. The lowest BCUT2D eigenvalue weighted by Gasteiger charge is -2.37. The third-order valence-corrected chi connectivity index (χ3v) is 7.47. The van der Waals surface area contributed by atoms with E-state index in [1.54, 1.807) is 0 Å². The monoisotopic (exact) mass is 268 g/mol. The summed E-state index contributed by atoms with van der Waals surface area (Å²) in [5, 5.41) is 0. The van der Waals surface area contributed by atoms with Gasteiger partial charge in [-0.25, -0.2) is 0 Å². The lowest BCUT2D eigenvalue weighted by atomic mass is 10.2. The van der Waals surface area contributed by atoms with Crippen molar-refractivity contribution in [3.63, 3.8) is 0 Å². The van der Waals surface area contributed by atoms with Crippen LogP contribution < -0.4 is 0 Å². The number of allylic oxidation sites excluding steroid dienone is 12. The second-order valence-electron chi connectivity index (χ2n) is 5.30. The van der Waals surface area contributed by atoms with Gasteiger partial charge >= 0.3 is 0 Å². The maximum Gasteiger partial charge on any atom is 0.00189 e. The summed E-state index contributed by atoms with van der Waals surface area (Å²) >= 11 is 0. The topological polar surface area (TPSA) is 0 Å². The maximum atomic E-state index is 2.45. The number of rotatable bonds is 3. The Hall–Kier alpha value is -1.13. The van der Waals surface area contributed by atoms with Gasteiger partial charge in [0.15, 0.2) is 0 Å². The molecule has 0 saturated heterocycles. The molecule has 3 atom stereocenters. The highest BCUT2D eigenvalue weighted by Gasteiger charge is 2.31. The quantitative estimate of drug-likeness (QED) is 0.623. The van der Waals surface area contributed by atoms with Gasteiger partial charge in [0.2, 0.25) is 0 Å². The van der Waals surface area contributed by atoms with E-state index in [1.165, 1.54) is 19.3 Å². The van der Waals surface area contributed by atoms with E-state index in [2.05, 4.69) is 72.9 Å². The molecule has 0 N–H and O–H groups in total. The zero-order valence-corrected chi connectivity index (χ0v) is 12.1. The molecule has 0 aliphatic heterocycles. The molecule has 1 heteroatoms. The van der Waals surface area contributed by atoms with Gasteiger partial charge in [0.25, 0.3) is 0 Å². The van der Waals surface area contributed by atoms with E-state index in [-0.39, 0.29) is 7.92 Å². The summed E-state index contributed by atoms with van der Waals surface area (Å²) in [6.45, 7) is 0. The molecule has 0 aromatic carbocycles. The molecule has 3 aliphatic carbocycles. The molecular formula is C18H21P. The predicted molar refractivity (Wildman–Crippen MR) is 87.0 cm³/mol. The van der Waals surface area contributed by atoms with Gasteiger partial charge in [0.05, 0.1) is 0 Å². The Morgan fingerprint density at radius 2 is 0.895 bits per heavy atom. The van der Waals surface area contributed by atoms with Gasteiger partial charge in [-0.2, -0.15) is 0 Å². The SMILES string of the molecule is C1=CCC(P(C2C=CC=CC2)C2C=CC=CC2)C=C1. The Kier molecular flexibility index (Phi) is 4.30. The van der Waals surface area contributed by atoms with Crippen molar-refractivity contribution in [1.29, 1.82) is 0 Å². The van der Waals surface area contributed by atoms with Crippen LogP contribution in [0.5, 0.6) is 0 Å². The first-order valence-electron chi connectivity index (χ1n) is 7.22. The van der Waals surface area contributed by atoms with Crippen LogP contribution in [0.15, 0.2) is 72.9 Å². The molecule has 0 spiro atoms. The van der Waals surface area contributed by atoms with Gasteiger partial charge in [0.1, 0.15) is 0 Å². The van der Waals surface area contributed by atoms with Crippen LogP contribution in [0.2, 0.25) is 0 Å². The standard InChI is InChI=1S/C18H21P/c1-4-10-16(11-5-1)19(17-12-6-2-7-13-17)18-14-8-3-9-15-18/h1-10,12,14,16-18H,11,13,15H2. The first-order chi connectivity index (χ1) is 9.45. The summed E-state index contributed by atoms with van der Waals surface area (Å²) in [7, 11) is -0.0293. The van der Waals surface area contributed by atoms with E-state index >= 15 is 0 Å². The van der Waals surface area contributed by atoms with Crippen LogP contribution in [0, 0.1) is 0 Å². The zero-order chi connectivity index (χ0) is 12.9. The fraction of sp³-hybridized carbons (Fsp3) is 0.333.